The van der Waals surface area contributed by atoms with Gasteiger partial charge < -0.3 is 16.0 Å². The lowest BCUT2D eigenvalue weighted by molar-refractivity contribution is 0.0993. The number of carbonyl (C=O) groups excluding carboxylic acids is 2. The number of piperidine rings is 1. The van der Waals surface area contributed by atoms with E-state index in [1.807, 2.05) is 10.9 Å². The minimum atomic E-state index is -0.534. The first-order valence-corrected chi connectivity index (χ1v) is 9.49. The molecular formula is C17H20ClN7O2S. The number of hydrogen-bond donors (Lipinski definition) is 4. The number of primary amides is 1. The number of rotatable bonds is 5. The summed E-state index contributed by atoms with van der Waals surface area (Å²) < 4.78 is 1.85. The highest BCUT2D eigenvalue weighted by molar-refractivity contribution is 7.14. The molecule has 0 aliphatic carbocycles. The molecule has 3 aromatic rings. The Morgan fingerprint density at radius 1 is 1.39 bits per heavy atom. The summed E-state index contributed by atoms with van der Waals surface area (Å²) in [5.74, 6) is -0.834. The van der Waals surface area contributed by atoms with Gasteiger partial charge in [0.15, 0.2) is 10.8 Å². The van der Waals surface area contributed by atoms with E-state index >= 15 is 0 Å². The lowest BCUT2D eigenvalue weighted by Crippen LogP contribution is -2.32. The van der Waals surface area contributed by atoms with Crippen molar-refractivity contribution in [1.29, 1.82) is 0 Å². The van der Waals surface area contributed by atoms with Crippen molar-refractivity contribution in [2.24, 2.45) is 5.73 Å². The fraction of sp³-hybridized carbons (Fsp3) is 0.294. The van der Waals surface area contributed by atoms with Crippen molar-refractivity contribution in [2.45, 2.75) is 18.9 Å². The lowest BCUT2D eigenvalue weighted by atomic mass is 10.1. The topological polar surface area (TPSA) is 131 Å². The molecule has 11 heteroatoms. The normalized spacial score (nSPS) is 16.4. The van der Waals surface area contributed by atoms with Crippen molar-refractivity contribution < 1.29 is 9.59 Å². The first-order chi connectivity index (χ1) is 13.1. The first kappa shape index (κ1) is 20.1. The van der Waals surface area contributed by atoms with Crippen LogP contribution < -0.4 is 16.4 Å². The van der Waals surface area contributed by atoms with Crippen LogP contribution in [0.3, 0.4) is 0 Å². The van der Waals surface area contributed by atoms with Crippen molar-refractivity contribution in [2.75, 3.05) is 18.4 Å². The van der Waals surface area contributed by atoms with Crippen molar-refractivity contribution in [3.63, 3.8) is 0 Å². The molecule has 4 rings (SSSR count). The highest BCUT2D eigenvalue weighted by Gasteiger charge is 2.18. The van der Waals surface area contributed by atoms with E-state index in [9.17, 15) is 9.59 Å². The second kappa shape index (κ2) is 8.55. The van der Waals surface area contributed by atoms with Gasteiger partial charge in [-0.1, -0.05) is 0 Å². The third-order valence-corrected chi connectivity index (χ3v) is 5.21. The van der Waals surface area contributed by atoms with Crippen LogP contribution in [0.5, 0.6) is 0 Å². The molecule has 1 atom stereocenters. The lowest BCUT2D eigenvalue weighted by Gasteiger charge is -2.22. The van der Waals surface area contributed by atoms with Crippen molar-refractivity contribution >= 4 is 40.7 Å². The van der Waals surface area contributed by atoms with Gasteiger partial charge in [0.25, 0.3) is 11.8 Å². The predicted molar refractivity (Wildman–Crippen MR) is 109 cm³/mol. The summed E-state index contributed by atoms with van der Waals surface area (Å²) in [6.45, 7) is 1.89. The summed E-state index contributed by atoms with van der Waals surface area (Å²) in [5, 5.41) is 12.8. The number of aromatic amines is 1. The number of carbonyl (C=O) groups is 2. The number of nitrogens with two attached hydrogens (primary N) is 1. The molecular weight excluding hydrogens is 402 g/mol. The van der Waals surface area contributed by atoms with E-state index in [1.165, 1.54) is 11.3 Å². The third-order valence-electron chi connectivity index (χ3n) is 4.45. The number of halogens is 1. The van der Waals surface area contributed by atoms with Gasteiger partial charge in [0, 0.05) is 29.9 Å². The number of nitrogens with zero attached hydrogens (tertiary/aromatic N) is 3. The summed E-state index contributed by atoms with van der Waals surface area (Å²) in [6, 6.07) is 3.62. The average molecular weight is 422 g/mol. The first-order valence-electron chi connectivity index (χ1n) is 8.61. The van der Waals surface area contributed by atoms with E-state index in [0.29, 0.717) is 22.2 Å². The smallest absolute Gasteiger partial charge is 0.277 e. The summed E-state index contributed by atoms with van der Waals surface area (Å²) in [6.07, 6.45) is 5.64. The van der Waals surface area contributed by atoms with Gasteiger partial charge in [-0.15, -0.1) is 23.7 Å². The second-order valence-electron chi connectivity index (χ2n) is 6.34. The Hall–Kier alpha value is -2.69. The van der Waals surface area contributed by atoms with Crippen LogP contribution in [-0.2, 0) is 0 Å². The molecule has 1 aliphatic rings. The number of amides is 2. The summed E-state index contributed by atoms with van der Waals surface area (Å²) >= 11 is 1.30. The standard InChI is InChI=1S/C17H19N7O2S.ClH/c18-15(25)13-6-10(7-20-13)14-9-27-17(21-14)22-16(26)12-3-5-24(23-12)11-2-1-4-19-8-11;/h3,5-7,9,11,19-20H,1-2,4,8H2,(H2,18,25)(H,21,22,26);1H. The van der Waals surface area contributed by atoms with E-state index in [4.69, 9.17) is 5.73 Å². The van der Waals surface area contributed by atoms with E-state index in [1.54, 1.807) is 23.7 Å². The van der Waals surface area contributed by atoms with E-state index in [0.717, 1.165) is 31.5 Å². The Bertz CT molecular complexity index is 974. The number of H-pyrrole nitrogens is 1. The summed E-state index contributed by atoms with van der Waals surface area (Å²) in [4.78, 5) is 30.8. The van der Waals surface area contributed by atoms with Crippen LogP contribution in [0.25, 0.3) is 11.3 Å². The van der Waals surface area contributed by atoms with Crippen LogP contribution in [0.2, 0.25) is 0 Å². The molecule has 148 valence electrons. The maximum atomic E-state index is 12.4. The molecule has 0 saturated carbocycles. The number of anilines is 1. The SMILES string of the molecule is Cl.NC(=O)c1cc(-c2csc(NC(=O)c3ccn(C4CCCNC4)n3)n2)c[nH]1. The van der Waals surface area contributed by atoms with Crippen molar-refractivity contribution in [3.8, 4) is 11.3 Å². The quantitative estimate of drug-likeness (QED) is 0.500. The van der Waals surface area contributed by atoms with Crippen LogP contribution >= 0.6 is 23.7 Å². The van der Waals surface area contributed by atoms with Crippen LogP contribution in [-0.4, -0.2) is 44.7 Å². The molecule has 5 N–H and O–H groups in total. The van der Waals surface area contributed by atoms with Crippen LogP contribution in [0.15, 0.2) is 29.9 Å². The molecule has 1 unspecified atom stereocenters. The van der Waals surface area contributed by atoms with E-state index < -0.39 is 5.91 Å². The Morgan fingerprint density at radius 2 is 2.25 bits per heavy atom. The van der Waals surface area contributed by atoms with Gasteiger partial charge in [0.1, 0.15) is 5.69 Å². The van der Waals surface area contributed by atoms with Gasteiger partial charge in [0.05, 0.1) is 11.7 Å². The Kier molecular flexibility index (Phi) is 6.12. The molecule has 2 amide bonds. The molecule has 3 aromatic heterocycles. The molecule has 0 bridgehead atoms. The van der Waals surface area contributed by atoms with Gasteiger partial charge >= 0.3 is 0 Å². The molecule has 1 aliphatic heterocycles. The van der Waals surface area contributed by atoms with Crippen LogP contribution in [0.1, 0.15) is 39.9 Å². The fourth-order valence-electron chi connectivity index (χ4n) is 3.03. The minimum Gasteiger partial charge on any atom is -0.364 e. The highest BCUT2D eigenvalue weighted by atomic mass is 35.5. The predicted octanol–water partition coefficient (Wildman–Crippen LogP) is 2.03. The number of nitrogens with one attached hydrogen (secondary N) is 3. The van der Waals surface area contributed by atoms with Crippen molar-refractivity contribution in [3.05, 3.63) is 41.3 Å². The zero-order chi connectivity index (χ0) is 18.8. The monoisotopic (exact) mass is 421 g/mol. The Balaban J connectivity index is 0.00000225. The molecule has 0 aromatic carbocycles. The molecule has 9 nitrogen and oxygen atoms in total. The van der Waals surface area contributed by atoms with Crippen LogP contribution in [0.4, 0.5) is 5.13 Å². The Morgan fingerprint density at radius 3 is 2.96 bits per heavy atom. The molecule has 4 heterocycles. The highest BCUT2D eigenvalue weighted by Crippen LogP contribution is 2.26. The number of thiazole rings is 1. The maximum absolute atomic E-state index is 12.4. The van der Waals surface area contributed by atoms with Gasteiger partial charge in [0.2, 0.25) is 0 Å². The number of aromatic nitrogens is 4. The van der Waals surface area contributed by atoms with E-state index in [-0.39, 0.29) is 24.4 Å². The molecule has 28 heavy (non-hydrogen) atoms. The Labute approximate surface area is 171 Å². The van der Waals surface area contributed by atoms with Gasteiger partial charge in [-0.25, -0.2) is 4.98 Å². The fourth-order valence-corrected chi connectivity index (χ4v) is 3.75. The zero-order valence-electron chi connectivity index (χ0n) is 14.8. The van der Waals surface area contributed by atoms with Gasteiger partial charge in [-0.2, -0.15) is 5.10 Å². The summed E-state index contributed by atoms with van der Waals surface area (Å²) in [7, 11) is 0. The van der Waals surface area contributed by atoms with Gasteiger partial charge in [-0.3, -0.25) is 19.6 Å². The third kappa shape index (κ3) is 4.24. The molecule has 1 saturated heterocycles. The summed E-state index contributed by atoms with van der Waals surface area (Å²) in [5.41, 5.74) is 7.29. The largest absolute Gasteiger partial charge is 0.364 e. The second-order valence-corrected chi connectivity index (χ2v) is 7.20. The molecule has 0 radical (unpaired) electrons. The van der Waals surface area contributed by atoms with Crippen LogP contribution in [0, 0.1) is 0 Å². The maximum Gasteiger partial charge on any atom is 0.277 e. The number of hydrogen-bond acceptors (Lipinski definition) is 6. The molecule has 1 fully saturated rings. The van der Waals surface area contributed by atoms with Gasteiger partial charge in [-0.05, 0) is 31.5 Å². The average Bonchev–Trinajstić information content (AvgIpc) is 3.42. The van der Waals surface area contributed by atoms with E-state index in [2.05, 4.69) is 25.7 Å². The minimum absolute atomic E-state index is 0. The van der Waals surface area contributed by atoms with Crippen molar-refractivity contribution in [1.82, 2.24) is 25.1 Å². The zero-order valence-corrected chi connectivity index (χ0v) is 16.5. The molecule has 0 spiro atoms.